The van der Waals surface area contributed by atoms with Gasteiger partial charge in [0.15, 0.2) is 0 Å². The fourth-order valence-corrected chi connectivity index (χ4v) is 2.69. The van der Waals surface area contributed by atoms with E-state index in [4.69, 9.17) is 0 Å². The van der Waals surface area contributed by atoms with E-state index in [-0.39, 0.29) is 18.7 Å². The molecule has 0 spiro atoms. The Kier molecular flexibility index (Phi) is 5.30. The maximum Gasteiger partial charge on any atom is 0.242 e. The van der Waals surface area contributed by atoms with Crippen molar-refractivity contribution in [2.24, 2.45) is 0 Å². The number of rotatable bonds is 5. The van der Waals surface area contributed by atoms with Crippen molar-refractivity contribution in [3.05, 3.63) is 58.3 Å². The first-order valence-electron chi connectivity index (χ1n) is 6.84. The highest BCUT2D eigenvalue weighted by Crippen LogP contribution is 2.23. The summed E-state index contributed by atoms with van der Waals surface area (Å²) in [7, 11) is 0. The average molecular weight is 318 g/mol. The number of carbonyl (C=O) groups excluding carboxylic acids is 2. The van der Waals surface area contributed by atoms with Gasteiger partial charge in [-0.15, -0.1) is 0 Å². The van der Waals surface area contributed by atoms with Gasteiger partial charge in [0.1, 0.15) is 0 Å². The van der Waals surface area contributed by atoms with Crippen LogP contribution in [0.25, 0.3) is 0 Å². The molecule has 5 nitrogen and oxygen atoms in total. The van der Waals surface area contributed by atoms with E-state index in [0.717, 1.165) is 5.56 Å². The van der Waals surface area contributed by atoms with Crippen LogP contribution in [0.1, 0.15) is 24.5 Å². The molecule has 1 heterocycles. The minimum absolute atomic E-state index is 0.143. The zero-order valence-corrected chi connectivity index (χ0v) is 13.0. The highest BCUT2D eigenvalue weighted by atomic mass is 32.1. The van der Waals surface area contributed by atoms with Crippen LogP contribution in [0, 0.1) is 0 Å². The van der Waals surface area contributed by atoms with E-state index in [9.17, 15) is 14.7 Å². The monoisotopic (exact) mass is 318 g/mol. The zero-order valence-electron chi connectivity index (χ0n) is 12.2. The van der Waals surface area contributed by atoms with Crippen LogP contribution in [0.5, 0.6) is 0 Å². The zero-order chi connectivity index (χ0) is 16.0. The largest absolute Gasteiger partial charge is 0.385 e. The maximum atomic E-state index is 11.9. The third-order valence-electron chi connectivity index (χ3n) is 3.19. The Morgan fingerprint density at radius 1 is 1.14 bits per heavy atom. The first-order valence-corrected chi connectivity index (χ1v) is 7.78. The average Bonchev–Trinajstić information content (AvgIpc) is 2.98. The molecule has 22 heavy (non-hydrogen) atoms. The lowest BCUT2D eigenvalue weighted by molar-refractivity contribution is -0.131. The Labute approximate surface area is 133 Å². The van der Waals surface area contributed by atoms with Crippen molar-refractivity contribution in [3.63, 3.8) is 0 Å². The number of hydrazine groups is 1. The smallest absolute Gasteiger partial charge is 0.242 e. The van der Waals surface area contributed by atoms with Crippen LogP contribution in [-0.4, -0.2) is 16.9 Å². The third kappa shape index (κ3) is 4.68. The molecule has 3 N–H and O–H groups in total. The minimum atomic E-state index is -1.29. The summed E-state index contributed by atoms with van der Waals surface area (Å²) in [6.07, 6.45) is 0.0641. The normalized spacial score (nSPS) is 13.2. The maximum absolute atomic E-state index is 11.9. The number of nitrogens with one attached hydrogen (secondary N) is 2. The molecule has 0 fully saturated rings. The Bertz CT molecular complexity index is 624. The van der Waals surface area contributed by atoms with Crippen LogP contribution in [0.4, 0.5) is 0 Å². The number of hydrogen-bond acceptors (Lipinski definition) is 4. The summed E-state index contributed by atoms with van der Waals surface area (Å²) >= 11 is 1.51. The van der Waals surface area contributed by atoms with Gasteiger partial charge in [0.25, 0.3) is 0 Å². The molecule has 1 aromatic heterocycles. The fourth-order valence-electron chi connectivity index (χ4n) is 2.02. The molecular weight excluding hydrogens is 300 g/mol. The summed E-state index contributed by atoms with van der Waals surface area (Å²) in [5, 5.41) is 14.1. The lowest BCUT2D eigenvalue weighted by atomic mass is 9.92. The van der Waals surface area contributed by atoms with Gasteiger partial charge in [0.2, 0.25) is 11.8 Å². The molecule has 0 saturated heterocycles. The molecule has 6 heteroatoms. The Balaban J connectivity index is 1.81. The standard InChI is InChI=1S/C16H18N2O3S/c1-16(21,13-5-3-2-4-6-13)10-15(20)18-17-14(19)9-12-7-8-22-11-12/h2-8,11,21H,9-10H2,1H3,(H,17,19)(H,18,20). The SMILES string of the molecule is CC(O)(CC(=O)NNC(=O)Cc1ccsc1)c1ccccc1. The summed E-state index contributed by atoms with van der Waals surface area (Å²) in [5.74, 6) is -0.751. The van der Waals surface area contributed by atoms with E-state index >= 15 is 0 Å². The predicted octanol–water partition coefficient (Wildman–Crippen LogP) is 1.74. The highest BCUT2D eigenvalue weighted by molar-refractivity contribution is 7.07. The lowest BCUT2D eigenvalue weighted by Crippen LogP contribution is -2.44. The van der Waals surface area contributed by atoms with Crippen LogP contribution in [0.15, 0.2) is 47.2 Å². The van der Waals surface area contributed by atoms with Gasteiger partial charge in [0, 0.05) is 0 Å². The summed E-state index contributed by atoms with van der Waals surface area (Å²) in [5.41, 5.74) is 4.93. The van der Waals surface area contributed by atoms with E-state index in [1.165, 1.54) is 11.3 Å². The molecule has 0 bridgehead atoms. The highest BCUT2D eigenvalue weighted by Gasteiger charge is 2.26. The number of hydrogen-bond donors (Lipinski definition) is 3. The van der Waals surface area contributed by atoms with Gasteiger partial charge < -0.3 is 5.11 Å². The van der Waals surface area contributed by atoms with Crippen LogP contribution in [0.2, 0.25) is 0 Å². The molecule has 116 valence electrons. The molecule has 1 atom stereocenters. The number of benzene rings is 1. The van der Waals surface area contributed by atoms with E-state index in [1.54, 1.807) is 31.2 Å². The predicted molar refractivity (Wildman–Crippen MR) is 84.9 cm³/mol. The molecule has 0 saturated carbocycles. The summed E-state index contributed by atoms with van der Waals surface area (Å²) in [6.45, 7) is 1.56. The second-order valence-electron chi connectivity index (χ2n) is 5.22. The van der Waals surface area contributed by atoms with Crippen molar-refractivity contribution in [2.45, 2.75) is 25.4 Å². The first-order chi connectivity index (χ1) is 10.5. The van der Waals surface area contributed by atoms with Gasteiger partial charge in [-0.25, -0.2) is 0 Å². The van der Waals surface area contributed by atoms with Gasteiger partial charge in [0.05, 0.1) is 18.4 Å². The second kappa shape index (κ2) is 7.20. The van der Waals surface area contributed by atoms with Gasteiger partial charge in [-0.2, -0.15) is 11.3 Å². The molecule has 1 aromatic carbocycles. The van der Waals surface area contributed by atoms with Crippen LogP contribution < -0.4 is 10.9 Å². The molecule has 2 amide bonds. The van der Waals surface area contributed by atoms with Gasteiger partial charge in [-0.3, -0.25) is 20.4 Å². The van der Waals surface area contributed by atoms with Gasteiger partial charge in [-0.05, 0) is 34.9 Å². The molecular formula is C16H18N2O3S. The van der Waals surface area contributed by atoms with Crippen LogP contribution >= 0.6 is 11.3 Å². The van der Waals surface area contributed by atoms with Crippen LogP contribution in [0.3, 0.4) is 0 Å². The van der Waals surface area contributed by atoms with Crippen molar-refractivity contribution in [1.82, 2.24) is 10.9 Å². The van der Waals surface area contributed by atoms with Crippen molar-refractivity contribution in [1.29, 1.82) is 0 Å². The van der Waals surface area contributed by atoms with E-state index in [0.29, 0.717) is 5.56 Å². The lowest BCUT2D eigenvalue weighted by Gasteiger charge is -2.23. The first kappa shape index (κ1) is 16.2. The molecule has 2 aromatic rings. The fraction of sp³-hybridized carbons (Fsp3) is 0.250. The Morgan fingerprint density at radius 2 is 1.82 bits per heavy atom. The Morgan fingerprint density at radius 3 is 2.45 bits per heavy atom. The van der Waals surface area contributed by atoms with Crippen LogP contribution in [-0.2, 0) is 21.6 Å². The number of thiophene rings is 1. The second-order valence-corrected chi connectivity index (χ2v) is 6.00. The molecule has 0 aliphatic heterocycles. The van der Waals surface area contributed by atoms with Crippen molar-refractivity contribution >= 4 is 23.2 Å². The molecule has 0 aliphatic rings. The van der Waals surface area contributed by atoms with Crippen molar-refractivity contribution in [2.75, 3.05) is 0 Å². The summed E-state index contributed by atoms with van der Waals surface area (Å²) < 4.78 is 0. The Hall–Kier alpha value is -2.18. The van der Waals surface area contributed by atoms with Gasteiger partial charge >= 0.3 is 0 Å². The number of amides is 2. The summed E-state index contributed by atoms with van der Waals surface area (Å²) in [6, 6.07) is 10.8. The summed E-state index contributed by atoms with van der Waals surface area (Å²) in [4.78, 5) is 23.5. The topological polar surface area (TPSA) is 78.4 Å². The quantitative estimate of drug-likeness (QED) is 0.735. The minimum Gasteiger partial charge on any atom is -0.385 e. The third-order valence-corrected chi connectivity index (χ3v) is 3.92. The molecule has 2 rings (SSSR count). The molecule has 0 radical (unpaired) electrons. The van der Waals surface area contributed by atoms with Crippen molar-refractivity contribution < 1.29 is 14.7 Å². The van der Waals surface area contributed by atoms with E-state index in [1.807, 2.05) is 22.9 Å². The molecule has 0 aliphatic carbocycles. The van der Waals surface area contributed by atoms with E-state index < -0.39 is 11.5 Å². The molecule has 1 unspecified atom stereocenters. The number of aliphatic hydroxyl groups is 1. The number of carbonyl (C=O) groups is 2. The van der Waals surface area contributed by atoms with Gasteiger partial charge in [-0.1, -0.05) is 30.3 Å². The van der Waals surface area contributed by atoms with E-state index in [2.05, 4.69) is 10.9 Å². The van der Waals surface area contributed by atoms with Crippen molar-refractivity contribution in [3.8, 4) is 0 Å².